The Balaban J connectivity index is 0.000000313. The molecule has 183 valence electrons. The van der Waals surface area contributed by atoms with Crippen LogP contribution in [0.5, 0.6) is 0 Å². The summed E-state index contributed by atoms with van der Waals surface area (Å²) in [6, 6.07) is 32.7. The van der Waals surface area contributed by atoms with Crippen LogP contribution in [0.4, 0.5) is 0 Å². The largest absolute Gasteiger partial charge is 0.512 e. The van der Waals surface area contributed by atoms with Crippen LogP contribution >= 0.6 is 0 Å². The van der Waals surface area contributed by atoms with Gasteiger partial charge in [-0.2, -0.15) is 0 Å². The van der Waals surface area contributed by atoms with Crippen LogP contribution in [0.2, 0.25) is 0 Å². The van der Waals surface area contributed by atoms with Crippen molar-refractivity contribution in [2.75, 3.05) is 0 Å². The van der Waals surface area contributed by atoms with Crippen LogP contribution in [0.25, 0.3) is 66.4 Å². The normalized spacial score (nSPS) is 11.7. The van der Waals surface area contributed by atoms with E-state index in [4.69, 9.17) is 14.5 Å². The van der Waals surface area contributed by atoms with Crippen molar-refractivity contribution in [2.45, 2.75) is 13.8 Å². The molecule has 37 heavy (non-hydrogen) atoms. The average Bonchev–Trinajstić information content (AvgIpc) is 3.41. The fourth-order valence-electron chi connectivity index (χ4n) is 4.98. The number of pyridine rings is 1. The van der Waals surface area contributed by atoms with Crippen molar-refractivity contribution >= 4 is 38.6 Å². The first-order chi connectivity index (χ1) is 17.5. The van der Waals surface area contributed by atoms with Crippen molar-refractivity contribution in [1.29, 1.82) is 0 Å². The molecule has 0 aliphatic heterocycles. The maximum atomic E-state index is 10.0. The Labute approximate surface area is 227 Å². The monoisotopic (exact) mass is 661 g/mol. The van der Waals surface area contributed by atoms with Gasteiger partial charge in [0.15, 0.2) is 5.78 Å². The standard InChI is InChI=1S/C27H14NO.C5H8O2.Ir/c1-2-8-17-16(7-1)19-10-6-13-23-26(19)22(17)15-24(28-23)21-12-5-11-20-18-9-3-4-14-25(18)29-27(20)21;1-4(6)3-5(2)7;/h1-11,13-15H;3,6H,1-2H3;/q-1;;/b;4-3-;. The van der Waals surface area contributed by atoms with Crippen LogP contribution in [0.3, 0.4) is 0 Å². The van der Waals surface area contributed by atoms with Gasteiger partial charge in [0.25, 0.3) is 0 Å². The summed E-state index contributed by atoms with van der Waals surface area (Å²) in [6.07, 6.45) is 1.17. The zero-order chi connectivity index (χ0) is 24.8. The van der Waals surface area contributed by atoms with Gasteiger partial charge in [-0.25, -0.2) is 0 Å². The fraction of sp³-hybridized carbons (Fsp3) is 0.0625. The van der Waals surface area contributed by atoms with E-state index in [-0.39, 0.29) is 31.6 Å². The van der Waals surface area contributed by atoms with Crippen LogP contribution in [0.1, 0.15) is 13.8 Å². The number of furan rings is 1. The van der Waals surface area contributed by atoms with Crippen LogP contribution in [0, 0.1) is 6.07 Å². The van der Waals surface area contributed by atoms with E-state index in [1.54, 1.807) is 0 Å². The maximum absolute atomic E-state index is 10.0. The van der Waals surface area contributed by atoms with Crippen LogP contribution in [-0.2, 0) is 24.9 Å². The Morgan fingerprint density at radius 3 is 2.30 bits per heavy atom. The molecule has 0 saturated carbocycles. The minimum Gasteiger partial charge on any atom is -0.512 e. The molecule has 0 amide bonds. The number of carbonyl (C=O) groups excluding carboxylic acids is 1. The van der Waals surface area contributed by atoms with E-state index in [1.807, 2.05) is 24.3 Å². The fourth-order valence-corrected chi connectivity index (χ4v) is 4.98. The molecule has 0 unspecified atom stereocenters. The van der Waals surface area contributed by atoms with Crippen LogP contribution in [0.15, 0.2) is 101 Å². The third-order valence-electron chi connectivity index (χ3n) is 6.35. The summed E-state index contributed by atoms with van der Waals surface area (Å²) in [5.41, 5.74) is 9.58. The molecule has 1 aliphatic carbocycles. The van der Waals surface area contributed by atoms with E-state index in [2.05, 4.69) is 66.7 Å². The summed E-state index contributed by atoms with van der Waals surface area (Å²) < 4.78 is 6.23. The molecule has 1 aliphatic rings. The summed E-state index contributed by atoms with van der Waals surface area (Å²) in [5, 5.41) is 11.8. The Hall–Kier alpha value is -4.05. The predicted molar refractivity (Wildman–Crippen MR) is 145 cm³/mol. The topological polar surface area (TPSA) is 63.3 Å². The molecule has 0 bridgehead atoms. The number of ketones is 1. The van der Waals surface area contributed by atoms with Gasteiger partial charge in [-0.05, 0) is 53.9 Å². The first-order valence-electron chi connectivity index (χ1n) is 11.7. The van der Waals surface area contributed by atoms with Gasteiger partial charge in [0, 0.05) is 37.0 Å². The summed E-state index contributed by atoms with van der Waals surface area (Å²) in [4.78, 5) is 15.0. The molecule has 5 heteroatoms. The molecule has 0 spiro atoms. The second kappa shape index (κ2) is 9.78. The zero-order valence-corrected chi connectivity index (χ0v) is 22.6. The van der Waals surface area contributed by atoms with Crippen molar-refractivity contribution in [3.05, 3.63) is 103 Å². The average molecular weight is 661 g/mol. The number of hydrogen-bond donors (Lipinski definition) is 1. The number of para-hydroxylation sites is 1. The molecule has 0 atom stereocenters. The molecular weight excluding hydrogens is 639 g/mol. The second-order valence-corrected chi connectivity index (χ2v) is 8.89. The number of rotatable bonds is 2. The van der Waals surface area contributed by atoms with Gasteiger partial charge >= 0.3 is 0 Å². The quantitative estimate of drug-likeness (QED) is 0.115. The Morgan fingerprint density at radius 1 is 0.865 bits per heavy atom. The van der Waals surface area contributed by atoms with E-state index in [9.17, 15) is 4.79 Å². The van der Waals surface area contributed by atoms with E-state index >= 15 is 0 Å². The van der Waals surface area contributed by atoms with Crippen LogP contribution in [-0.4, -0.2) is 15.9 Å². The molecule has 7 rings (SSSR count). The molecule has 4 nitrogen and oxygen atoms in total. The smallest absolute Gasteiger partial charge is 0.155 e. The number of fused-ring (bicyclic) bond motifs is 6. The molecule has 1 radical (unpaired) electrons. The maximum Gasteiger partial charge on any atom is 0.155 e. The summed E-state index contributed by atoms with van der Waals surface area (Å²) in [7, 11) is 0. The molecule has 2 aromatic heterocycles. The second-order valence-electron chi connectivity index (χ2n) is 8.89. The Bertz CT molecular complexity index is 1840. The molecular formula is C32H22IrNO3-. The number of aliphatic hydroxyl groups excluding tert-OH is 1. The van der Waals surface area contributed by atoms with Gasteiger partial charge in [-0.3, -0.25) is 9.78 Å². The van der Waals surface area contributed by atoms with Gasteiger partial charge in [0.1, 0.15) is 5.58 Å². The van der Waals surface area contributed by atoms with Gasteiger partial charge < -0.3 is 9.52 Å². The van der Waals surface area contributed by atoms with Gasteiger partial charge in [-0.1, -0.05) is 71.6 Å². The zero-order valence-electron chi connectivity index (χ0n) is 20.2. The summed E-state index contributed by atoms with van der Waals surface area (Å²) in [6.45, 7) is 2.85. The molecule has 2 heterocycles. The number of benzene rings is 4. The number of carbonyl (C=O) groups is 1. The predicted octanol–water partition coefficient (Wildman–Crippen LogP) is 8.28. The molecule has 0 fully saturated rings. The minimum atomic E-state index is -0.125. The van der Waals surface area contributed by atoms with Gasteiger partial charge in [0.05, 0.1) is 16.9 Å². The number of nitrogens with zero attached hydrogens (tertiary/aromatic N) is 1. The van der Waals surface area contributed by atoms with Crippen molar-refractivity contribution in [1.82, 2.24) is 4.98 Å². The van der Waals surface area contributed by atoms with E-state index in [0.29, 0.717) is 0 Å². The van der Waals surface area contributed by atoms with Gasteiger partial charge in [0.2, 0.25) is 0 Å². The summed E-state index contributed by atoms with van der Waals surface area (Å²) >= 11 is 0. The van der Waals surface area contributed by atoms with Crippen molar-refractivity contribution in [2.24, 2.45) is 0 Å². The van der Waals surface area contributed by atoms with Crippen molar-refractivity contribution in [3.8, 4) is 33.5 Å². The van der Waals surface area contributed by atoms with Crippen molar-refractivity contribution in [3.63, 3.8) is 0 Å². The minimum absolute atomic E-state index is 0. The number of allylic oxidation sites excluding steroid dienone is 2. The third-order valence-corrected chi connectivity index (χ3v) is 6.35. The first-order valence-corrected chi connectivity index (χ1v) is 11.7. The summed E-state index contributed by atoms with van der Waals surface area (Å²) in [5.74, 6) is -0.0625. The van der Waals surface area contributed by atoms with E-state index < -0.39 is 0 Å². The van der Waals surface area contributed by atoms with E-state index in [1.165, 1.54) is 47.6 Å². The van der Waals surface area contributed by atoms with Gasteiger partial charge in [-0.15, -0.1) is 18.2 Å². The first kappa shape index (κ1) is 24.6. The molecule has 0 saturated heterocycles. The Kier molecular flexibility index (Phi) is 6.51. The SMILES string of the molecule is CC(=O)/C=C(/C)O.[Ir].[c-]1ccc2c(oc3ccccc32)c1-c1cc2c3c(cccc3n1)-c1ccccc1-2. The molecule has 4 aromatic carbocycles. The Morgan fingerprint density at radius 2 is 1.57 bits per heavy atom. The number of hydrogen-bond acceptors (Lipinski definition) is 4. The molecule has 1 N–H and O–H groups in total. The molecule has 6 aromatic rings. The van der Waals surface area contributed by atoms with Crippen LogP contribution < -0.4 is 0 Å². The van der Waals surface area contributed by atoms with Crippen molar-refractivity contribution < 1.29 is 34.4 Å². The number of aliphatic hydroxyl groups is 1. The number of aromatic nitrogens is 1. The van der Waals surface area contributed by atoms with E-state index in [0.717, 1.165) is 38.7 Å². The third kappa shape index (κ3) is 4.27.